The van der Waals surface area contributed by atoms with Crippen molar-refractivity contribution in [2.24, 2.45) is 0 Å². The number of benzene rings is 3. The Hall–Kier alpha value is -4.64. The van der Waals surface area contributed by atoms with Gasteiger partial charge in [0.15, 0.2) is 11.5 Å². The average Bonchev–Trinajstić information content (AvgIpc) is 2.92. The molecule has 0 aromatic heterocycles. The van der Waals surface area contributed by atoms with Crippen molar-refractivity contribution in [3.05, 3.63) is 81.4 Å². The van der Waals surface area contributed by atoms with Crippen LogP contribution in [-0.4, -0.2) is 57.1 Å². The summed E-state index contributed by atoms with van der Waals surface area (Å²) in [6, 6.07) is 14.4. The van der Waals surface area contributed by atoms with Crippen LogP contribution in [-0.2, 0) is 4.74 Å². The average molecular weight is 506 g/mol. The summed E-state index contributed by atoms with van der Waals surface area (Å²) >= 11 is 0. The molecule has 0 atom stereocenters. The molecule has 4 rings (SSSR count). The fourth-order valence-electron chi connectivity index (χ4n) is 4.35. The number of nitro groups is 1. The summed E-state index contributed by atoms with van der Waals surface area (Å²) in [7, 11) is 2.97. The second-order valence-electron chi connectivity index (χ2n) is 8.38. The number of ether oxygens (including phenoxy) is 2. The Morgan fingerprint density at radius 2 is 1.65 bits per heavy atom. The smallest absolute Gasteiger partial charge is 0.292 e. The van der Waals surface area contributed by atoms with Crippen molar-refractivity contribution >= 4 is 40.1 Å². The molecule has 11 heteroatoms. The minimum absolute atomic E-state index is 0.0170. The molecule has 3 aromatic rings. The van der Waals surface area contributed by atoms with Crippen molar-refractivity contribution in [2.45, 2.75) is 0 Å². The summed E-state index contributed by atoms with van der Waals surface area (Å²) < 4.78 is 10.9. The van der Waals surface area contributed by atoms with E-state index in [9.17, 15) is 19.7 Å². The van der Waals surface area contributed by atoms with E-state index < -0.39 is 16.6 Å². The highest BCUT2D eigenvalue weighted by molar-refractivity contribution is 6.17. The molecular weight excluding hydrogens is 478 g/mol. The van der Waals surface area contributed by atoms with Crippen LogP contribution in [0.4, 0.5) is 28.4 Å². The molecule has 0 saturated carbocycles. The standard InChI is InChI=1S/C26H27N5O6/c1-29(19-7-3-4-8-20(19)30-12-14-37-15-13-30)26(33)17-10-11-18(25(36-2)23(17)28)24(32)16-6-5-9-21(22(16)27)31(34)35/h3-11H,12-15,27-28H2,1-2H3. The van der Waals surface area contributed by atoms with E-state index in [2.05, 4.69) is 4.90 Å². The lowest BCUT2D eigenvalue weighted by atomic mass is 9.97. The monoisotopic (exact) mass is 505 g/mol. The number of para-hydroxylation sites is 3. The summed E-state index contributed by atoms with van der Waals surface area (Å²) in [5.41, 5.74) is 13.2. The Balaban J connectivity index is 1.70. The number of nitrogen functional groups attached to an aromatic ring is 2. The molecule has 37 heavy (non-hydrogen) atoms. The van der Waals surface area contributed by atoms with Gasteiger partial charge in [0.1, 0.15) is 5.69 Å². The number of rotatable bonds is 7. The first kappa shape index (κ1) is 25.5. The molecule has 1 amide bonds. The first-order valence-electron chi connectivity index (χ1n) is 11.5. The van der Waals surface area contributed by atoms with Gasteiger partial charge in [0, 0.05) is 26.2 Å². The molecule has 1 fully saturated rings. The normalized spacial score (nSPS) is 13.2. The number of ketones is 1. The largest absolute Gasteiger partial charge is 0.494 e. The fraction of sp³-hybridized carbons (Fsp3) is 0.231. The lowest BCUT2D eigenvalue weighted by Crippen LogP contribution is -2.38. The number of nitrogens with two attached hydrogens (primary N) is 2. The molecule has 1 aliphatic heterocycles. The van der Waals surface area contributed by atoms with E-state index >= 15 is 0 Å². The quantitative estimate of drug-likeness (QED) is 0.213. The third-order valence-electron chi connectivity index (χ3n) is 6.30. The van der Waals surface area contributed by atoms with Gasteiger partial charge in [-0.3, -0.25) is 19.7 Å². The maximum atomic E-state index is 13.6. The van der Waals surface area contributed by atoms with Crippen LogP contribution in [0.15, 0.2) is 54.6 Å². The molecule has 3 aromatic carbocycles. The Labute approximate surface area is 213 Å². The lowest BCUT2D eigenvalue weighted by molar-refractivity contribution is -0.383. The molecule has 0 aliphatic carbocycles. The predicted molar refractivity (Wildman–Crippen MR) is 141 cm³/mol. The van der Waals surface area contributed by atoms with E-state index in [0.717, 1.165) is 5.69 Å². The minimum Gasteiger partial charge on any atom is -0.494 e. The minimum atomic E-state index is -0.663. The number of hydrogen-bond donors (Lipinski definition) is 2. The van der Waals surface area contributed by atoms with Crippen LogP contribution in [0, 0.1) is 10.1 Å². The van der Waals surface area contributed by atoms with Gasteiger partial charge in [-0.15, -0.1) is 0 Å². The van der Waals surface area contributed by atoms with E-state index in [1.54, 1.807) is 7.05 Å². The Kier molecular flexibility index (Phi) is 7.25. The van der Waals surface area contributed by atoms with Gasteiger partial charge in [-0.25, -0.2) is 0 Å². The van der Waals surface area contributed by atoms with Crippen LogP contribution in [0.5, 0.6) is 5.75 Å². The van der Waals surface area contributed by atoms with Crippen LogP contribution >= 0.6 is 0 Å². The second-order valence-corrected chi connectivity index (χ2v) is 8.38. The van der Waals surface area contributed by atoms with Crippen molar-refractivity contribution < 1.29 is 24.0 Å². The zero-order valence-electron chi connectivity index (χ0n) is 20.5. The highest BCUT2D eigenvalue weighted by Gasteiger charge is 2.27. The maximum Gasteiger partial charge on any atom is 0.292 e. The number of methoxy groups -OCH3 is 1. The SMILES string of the molecule is COc1c(C(=O)c2cccc([N+](=O)[O-])c2N)ccc(C(=O)N(C)c2ccccc2N2CCOCC2)c1N. The number of carbonyl (C=O) groups is 2. The van der Waals surface area contributed by atoms with Crippen LogP contribution in [0.2, 0.25) is 0 Å². The van der Waals surface area contributed by atoms with E-state index in [1.807, 2.05) is 24.3 Å². The Morgan fingerprint density at radius 1 is 0.973 bits per heavy atom. The van der Waals surface area contributed by atoms with Crippen LogP contribution in [0.3, 0.4) is 0 Å². The van der Waals surface area contributed by atoms with Gasteiger partial charge in [0.05, 0.1) is 59.0 Å². The summed E-state index contributed by atoms with van der Waals surface area (Å²) in [5, 5.41) is 11.3. The molecule has 0 unspecified atom stereocenters. The zero-order valence-corrected chi connectivity index (χ0v) is 20.5. The molecule has 1 saturated heterocycles. The van der Waals surface area contributed by atoms with Gasteiger partial charge < -0.3 is 30.7 Å². The number of anilines is 4. The number of amides is 1. The molecule has 1 aliphatic rings. The molecule has 0 spiro atoms. The van der Waals surface area contributed by atoms with Gasteiger partial charge >= 0.3 is 0 Å². The first-order chi connectivity index (χ1) is 17.8. The van der Waals surface area contributed by atoms with Crippen molar-refractivity contribution in [3.8, 4) is 5.75 Å². The molecule has 1 heterocycles. The molecule has 4 N–H and O–H groups in total. The van der Waals surface area contributed by atoms with E-state index in [4.69, 9.17) is 20.9 Å². The van der Waals surface area contributed by atoms with Crippen LogP contribution in [0.25, 0.3) is 0 Å². The van der Waals surface area contributed by atoms with E-state index in [1.165, 1.54) is 42.3 Å². The number of hydrogen-bond acceptors (Lipinski definition) is 9. The van der Waals surface area contributed by atoms with Crippen LogP contribution in [0.1, 0.15) is 26.3 Å². The fourth-order valence-corrected chi connectivity index (χ4v) is 4.35. The highest BCUT2D eigenvalue weighted by atomic mass is 16.6. The van der Waals surface area contributed by atoms with Crippen molar-refractivity contribution in [3.63, 3.8) is 0 Å². The van der Waals surface area contributed by atoms with Gasteiger partial charge in [-0.2, -0.15) is 0 Å². The van der Waals surface area contributed by atoms with Crippen molar-refractivity contribution in [2.75, 3.05) is 61.7 Å². The molecular formula is C26H27N5O6. The predicted octanol–water partition coefficient (Wildman–Crippen LogP) is 3.11. The number of carbonyl (C=O) groups excluding carboxylic acids is 2. The number of morpholine rings is 1. The van der Waals surface area contributed by atoms with Crippen LogP contribution < -0.4 is 26.0 Å². The molecule has 0 bridgehead atoms. The van der Waals surface area contributed by atoms with Gasteiger partial charge in [0.2, 0.25) is 0 Å². The van der Waals surface area contributed by atoms with Gasteiger partial charge in [-0.1, -0.05) is 18.2 Å². The van der Waals surface area contributed by atoms with Crippen molar-refractivity contribution in [1.29, 1.82) is 0 Å². The number of nitro benzene ring substituents is 1. The highest BCUT2D eigenvalue weighted by Crippen LogP contribution is 2.36. The zero-order chi connectivity index (χ0) is 26.7. The summed E-state index contributed by atoms with van der Waals surface area (Å²) in [4.78, 5) is 41.1. The Bertz CT molecular complexity index is 1370. The second kappa shape index (κ2) is 10.5. The van der Waals surface area contributed by atoms with E-state index in [0.29, 0.717) is 32.0 Å². The van der Waals surface area contributed by atoms with Gasteiger partial charge in [-0.05, 0) is 30.3 Å². The molecule has 192 valence electrons. The Morgan fingerprint density at radius 3 is 2.32 bits per heavy atom. The van der Waals surface area contributed by atoms with Gasteiger partial charge in [0.25, 0.3) is 11.6 Å². The maximum absolute atomic E-state index is 13.6. The number of nitrogens with zero attached hydrogens (tertiary/aromatic N) is 3. The van der Waals surface area contributed by atoms with Crippen molar-refractivity contribution in [1.82, 2.24) is 0 Å². The first-order valence-corrected chi connectivity index (χ1v) is 11.5. The molecule has 0 radical (unpaired) electrons. The summed E-state index contributed by atoms with van der Waals surface area (Å²) in [6.45, 7) is 2.60. The van der Waals surface area contributed by atoms with E-state index in [-0.39, 0.29) is 39.5 Å². The third-order valence-corrected chi connectivity index (χ3v) is 6.30. The third kappa shape index (κ3) is 4.76. The summed E-state index contributed by atoms with van der Waals surface area (Å²) in [5.74, 6) is -1.03. The lowest BCUT2D eigenvalue weighted by Gasteiger charge is -2.32. The molecule has 11 nitrogen and oxygen atoms in total. The summed E-state index contributed by atoms with van der Waals surface area (Å²) in [6.07, 6.45) is 0. The topological polar surface area (TPSA) is 154 Å².